The van der Waals surface area contributed by atoms with Gasteiger partial charge in [-0.1, -0.05) is 0 Å². The van der Waals surface area contributed by atoms with Crippen molar-refractivity contribution in [1.82, 2.24) is 4.72 Å². The van der Waals surface area contributed by atoms with Gasteiger partial charge in [-0.25, -0.2) is 8.42 Å². The van der Waals surface area contributed by atoms with Crippen LogP contribution in [0.2, 0.25) is 0 Å². The predicted octanol–water partition coefficient (Wildman–Crippen LogP) is 0.635. The highest BCUT2D eigenvalue weighted by Gasteiger charge is 2.29. The summed E-state index contributed by atoms with van der Waals surface area (Å²) in [6.45, 7) is 2.31. The molecular formula is C11H15NO6S2. The number of hydrogen-bond acceptors (Lipinski definition) is 7. The van der Waals surface area contributed by atoms with Gasteiger partial charge in [-0.05, 0) is 18.4 Å². The Morgan fingerprint density at radius 2 is 2.20 bits per heavy atom. The van der Waals surface area contributed by atoms with Crippen LogP contribution in [0.3, 0.4) is 0 Å². The summed E-state index contributed by atoms with van der Waals surface area (Å²) in [4.78, 5) is 11.2. The van der Waals surface area contributed by atoms with Crippen molar-refractivity contribution in [2.45, 2.75) is 17.4 Å². The molecule has 0 bridgehead atoms. The number of nitrogens with one attached hydrogen (secondary N) is 1. The number of carbonyl (C=O) groups is 1. The van der Waals surface area contributed by atoms with E-state index in [1.54, 1.807) is 18.4 Å². The maximum absolute atomic E-state index is 12.2. The fraction of sp³-hybridized carbons (Fsp3) is 0.545. The highest BCUT2D eigenvalue weighted by molar-refractivity contribution is 7.91. The summed E-state index contributed by atoms with van der Waals surface area (Å²) in [6.07, 6.45) is -0.671. The number of ether oxygens (including phenoxy) is 3. The monoisotopic (exact) mass is 321 g/mol. The minimum atomic E-state index is -3.79. The summed E-state index contributed by atoms with van der Waals surface area (Å²) >= 11 is 1.05. The second kappa shape index (κ2) is 6.64. The third-order valence-electron chi connectivity index (χ3n) is 2.49. The zero-order valence-electron chi connectivity index (χ0n) is 10.8. The molecule has 0 saturated carbocycles. The maximum Gasteiger partial charge on any atom is 0.321 e. The van der Waals surface area contributed by atoms with E-state index >= 15 is 0 Å². The summed E-state index contributed by atoms with van der Waals surface area (Å²) in [6, 6.07) is 1.64. The lowest BCUT2D eigenvalue weighted by atomic mass is 10.3. The number of hydrogen-bond donors (Lipinski definition) is 1. The lowest BCUT2D eigenvalue weighted by Crippen LogP contribution is -2.31. The molecule has 1 aliphatic rings. The average Bonchev–Trinajstić information content (AvgIpc) is 3.07. The Morgan fingerprint density at radius 3 is 2.85 bits per heavy atom. The van der Waals surface area contributed by atoms with Crippen LogP contribution in [0, 0.1) is 0 Å². The molecule has 9 heteroatoms. The molecule has 0 aliphatic carbocycles. The maximum atomic E-state index is 12.2. The quantitative estimate of drug-likeness (QED) is 0.773. The molecule has 2 rings (SSSR count). The van der Waals surface area contributed by atoms with E-state index in [2.05, 4.69) is 9.46 Å². The van der Waals surface area contributed by atoms with Crippen molar-refractivity contribution in [2.24, 2.45) is 0 Å². The number of thiophene rings is 1. The molecule has 0 unspecified atom stereocenters. The zero-order chi connectivity index (χ0) is 14.6. The van der Waals surface area contributed by atoms with Gasteiger partial charge in [0.15, 0.2) is 6.29 Å². The van der Waals surface area contributed by atoms with Gasteiger partial charge < -0.3 is 14.2 Å². The average molecular weight is 321 g/mol. The van der Waals surface area contributed by atoms with Crippen molar-refractivity contribution in [1.29, 1.82) is 0 Å². The first-order valence-corrected chi connectivity index (χ1v) is 8.36. The van der Waals surface area contributed by atoms with Gasteiger partial charge in [-0.3, -0.25) is 4.79 Å². The van der Waals surface area contributed by atoms with E-state index in [0.717, 1.165) is 11.3 Å². The van der Waals surface area contributed by atoms with Gasteiger partial charge in [0, 0.05) is 5.56 Å². The first-order valence-electron chi connectivity index (χ1n) is 6.00. The van der Waals surface area contributed by atoms with Gasteiger partial charge >= 0.3 is 5.97 Å². The molecule has 0 spiro atoms. The van der Waals surface area contributed by atoms with E-state index in [1.165, 1.54) is 0 Å². The molecule has 7 nitrogen and oxygen atoms in total. The second-order valence-corrected chi connectivity index (χ2v) is 6.74. The normalized spacial score (nSPS) is 16.4. The molecule has 0 atom stereocenters. The van der Waals surface area contributed by atoms with Crippen molar-refractivity contribution in [3.8, 4) is 0 Å². The highest BCUT2D eigenvalue weighted by Crippen LogP contribution is 2.32. The number of rotatable bonds is 6. The standard InChI is InChI=1S/C11H15NO6S2/c1-2-16-9(13)7-12-20(14,15)11-8(3-6-19-11)10-17-4-5-18-10/h3,6,10,12H,2,4-5,7H2,1H3. The smallest absolute Gasteiger partial charge is 0.321 e. The summed E-state index contributed by atoms with van der Waals surface area (Å²) < 4.78 is 41.9. The van der Waals surface area contributed by atoms with Gasteiger partial charge in [-0.2, -0.15) is 4.72 Å². The van der Waals surface area contributed by atoms with Crippen LogP contribution in [0.25, 0.3) is 0 Å². The summed E-state index contributed by atoms with van der Waals surface area (Å²) in [5.74, 6) is -0.623. The van der Waals surface area contributed by atoms with Crippen LogP contribution in [0.4, 0.5) is 0 Å². The predicted molar refractivity (Wildman–Crippen MR) is 70.8 cm³/mol. The third kappa shape index (κ3) is 3.55. The number of sulfonamides is 1. The van der Waals surface area contributed by atoms with E-state index in [-0.39, 0.29) is 10.8 Å². The Kier molecular flexibility index (Phi) is 5.11. The summed E-state index contributed by atoms with van der Waals surface area (Å²) in [5.41, 5.74) is 0.448. The molecule has 20 heavy (non-hydrogen) atoms. The molecule has 0 radical (unpaired) electrons. The minimum absolute atomic E-state index is 0.0914. The largest absolute Gasteiger partial charge is 0.465 e. The molecule has 0 amide bonds. The van der Waals surface area contributed by atoms with Gasteiger partial charge in [0.2, 0.25) is 0 Å². The molecule has 1 aliphatic heterocycles. The first-order chi connectivity index (χ1) is 9.54. The molecule has 1 aromatic rings. The van der Waals surface area contributed by atoms with Crippen LogP contribution in [-0.4, -0.2) is 40.8 Å². The first kappa shape index (κ1) is 15.4. The van der Waals surface area contributed by atoms with Crippen LogP contribution < -0.4 is 4.72 Å². The van der Waals surface area contributed by atoms with Crippen molar-refractivity contribution in [3.63, 3.8) is 0 Å². The Balaban J connectivity index is 2.09. The lowest BCUT2D eigenvalue weighted by molar-refractivity contribution is -0.141. The van der Waals surface area contributed by atoms with Crippen LogP contribution >= 0.6 is 11.3 Å². The fourth-order valence-electron chi connectivity index (χ4n) is 1.67. The molecule has 112 valence electrons. The molecule has 0 aromatic carbocycles. The van der Waals surface area contributed by atoms with E-state index in [0.29, 0.717) is 18.8 Å². The Hall–Kier alpha value is -1.00. The summed E-state index contributed by atoms with van der Waals surface area (Å²) in [5, 5.41) is 1.64. The topological polar surface area (TPSA) is 90.9 Å². The zero-order valence-corrected chi connectivity index (χ0v) is 12.5. The Bertz CT molecular complexity index is 561. The van der Waals surface area contributed by atoms with Gasteiger partial charge in [0.1, 0.15) is 10.8 Å². The van der Waals surface area contributed by atoms with E-state index in [4.69, 9.17) is 9.47 Å². The number of carbonyl (C=O) groups excluding carboxylic acids is 1. The summed E-state index contributed by atoms with van der Waals surface area (Å²) in [7, 11) is -3.79. The van der Waals surface area contributed by atoms with Crippen molar-refractivity contribution < 1.29 is 27.4 Å². The van der Waals surface area contributed by atoms with Crippen molar-refractivity contribution >= 4 is 27.3 Å². The van der Waals surface area contributed by atoms with Crippen LogP contribution in [0.1, 0.15) is 18.8 Å². The van der Waals surface area contributed by atoms with Crippen LogP contribution in [0.5, 0.6) is 0 Å². The Labute approximate surface area is 120 Å². The molecule has 1 N–H and O–H groups in total. The van der Waals surface area contributed by atoms with E-state index in [9.17, 15) is 13.2 Å². The Morgan fingerprint density at radius 1 is 1.50 bits per heavy atom. The number of esters is 1. The van der Waals surface area contributed by atoms with Gasteiger partial charge in [-0.15, -0.1) is 11.3 Å². The van der Waals surface area contributed by atoms with Gasteiger partial charge in [0.25, 0.3) is 10.0 Å². The lowest BCUT2D eigenvalue weighted by Gasteiger charge is -2.11. The molecular weight excluding hydrogens is 306 g/mol. The highest BCUT2D eigenvalue weighted by atomic mass is 32.2. The van der Waals surface area contributed by atoms with Gasteiger partial charge in [0.05, 0.1) is 19.8 Å². The van der Waals surface area contributed by atoms with Crippen LogP contribution in [-0.2, 0) is 29.0 Å². The molecule has 1 aromatic heterocycles. The minimum Gasteiger partial charge on any atom is -0.465 e. The molecule has 1 fully saturated rings. The second-order valence-electron chi connectivity index (χ2n) is 3.87. The third-order valence-corrected chi connectivity index (χ3v) is 5.41. The molecule has 2 heterocycles. The van der Waals surface area contributed by atoms with Crippen molar-refractivity contribution in [2.75, 3.05) is 26.4 Å². The van der Waals surface area contributed by atoms with E-state index < -0.39 is 28.8 Å². The fourth-order valence-corrected chi connectivity index (χ4v) is 4.07. The SMILES string of the molecule is CCOC(=O)CNS(=O)(=O)c1sccc1C1OCCO1. The van der Waals surface area contributed by atoms with Crippen molar-refractivity contribution in [3.05, 3.63) is 17.0 Å². The molecule has 1 saturated heterocycles. The van der Waals surface area contributed by atoms with Crippen LogP contribution in [0.15, 0.2) is 15.7 Å². The van der Waals surface area contributed by atoms with E-state index in [1.807, 2.05) is 0 Å².